The summed E-state index contributed by atoms with van der Waals surface area (Å²) in [7, 11) is -0.241. The highest BCUT2D eigenvalue weighted by Gasteiger charge is 2.49. The molecule has 2 atom stereocenters. The molecule has 0 spiro atoms. The minimum Gasteiger partial charge on any atom is -0.287 e. The molecule has 234 valence electrons. The maximum atomic E-state index is 12.6. The molecule has 1 aromatic carbocycles. The van der Waals surface area contributed by atoms with Crippen LogP contribution in [0, 0.1) is 0 Å². The fraction of sp³-hybridized carbons (Fsp3) is 0.550. The Kier molecular flexibility index (Phi) is 15.4. The van der Waals surface area contributed by atoms with E-state index in [1.165, 1.54) is 7.05 Å². The van der Waals surface area contributed by atoms with Crippen molar-refractivity contribution in [1.82, 2.24) is 0 Å². The maximum Gasteiger partial charge on any atom is 0.445 e. The summed E-state index contributed by atoms with van der Waals surface area (Å²) in [5, 5.41) is 1.13. The normalized spacial score (nSPS) is 14.2. The van der Waals surface area contributed by atoms with Crippen molar-refractivity contribution in [1.29, 1.82) is 0 Å². The third-order valence-electron chi connectivity index (χ3n) is 4.33. The van der Waals surface area contributed by atoms with Gasteiger partial charge in [0.1, 0.15) is 8.07 Å². The van der Waals surface area contributed by atoms with Crippen molar-refractivity contribution in [2.45, 2.75) is 56.6 Å². The molecule has 4 nitrogen and oxygen atoms in total. The van der Waals surface area contributed by atoms with Crippen LogP contribution in [0.15, 0.2) is 36.5 Å². The highest BCUT2D eigenvalue weighted by Crippen LogP contribution is 2.33. The van der Waals surface area contributed by atoms with Gasteiger partial charge in [0.2, 0.25) is 6.10 Å². The van der Waals surface area contributed by atoms with E-state index in [1.807, 2.05) is 23.9 Å². The van der Waals surface area contributed by atoms with Crippen molar-refractivity contribution in [3.63, 3.8) is 0 Å². The molecule has 2 unspecified atom stereocenters. The van der Waals surface area contributed by atoms with Crippen molar-refractivity contribution in [2.75, 3.05) is 18.6 Å². The van der Waals surface area contributed by atoms with E-state index in [-0.39, 0.29) is 0 Å². The number of hydrogen-bond donors (Lipinski definition) is 0. The average molecular weight is 637 g/mol. The van der Waals surface area contributed by atoms with Crippen LogP contribution >= 0.6 is 0 Å². The molecule has 0 saturated heterocycles. The van der Waals surface area contributed by atoms with E-state index in [1.54, 1.807) is 6.07 Å². The van der Waals surface area contributed by atoms with Gasteiger partial charge in [-0.2, -0.15) is 53.2 Å². The smallest absolute Gasteiger partial charge is 0.287 e. The van der Waals surface area contributed by atoms with E-state index in [4.69, 9.17) is 0 Å². The molecular formula is C20H22F15NO3Si. The number of benzene rings is 1. The molecule has 20 heteroatoms. The molecule has 1 aromatic rings. The molecule has 0 aliphatic heterocycles. The Labute approximate surface area is 218 Å². The van der Waals surface area contributed by atoms with Crippen LogP contribution in [0.4, 0.5) is 76.5 Å². The summed E-state index contributed by atoms with van der Waals surface area (Å²) >= 11 is 0. The van der Waals surface area contributed by atoms with Crippen LogP contribution in [-0.2, 0) is 9.68 Å². The summed E-state index contributed by atoms with van der Waals surface area (Å²) in [6.45, 7) is 5.61. The molecule has 0 aliphatic carbocycles. The van der Waals surface area contributed by atoms with Crippen LogP contribution < -0.4 is 10.1 Å². The second kappa shape index (κ2) is 15.5. The molecule has 0 bridgehead atoms. The second-order valence-electron chi connectivity index (χ2n) is 7.97. The lowest BCUT2D eigenvalue weighted by Crippen LogP contribution is -2.39. The lowest BCUT2D eigenvalue weighted by molar-refractivity contribution is -0.359. The van der Waals surface area contributed by atoms with Crippen LogP contribution in [0.25, 0.3) is 0 Å². The summed E-state index contributed by atoms with van der Waals surface area (Å²) in [6.07, 6.45) is -32.2. The first kappa shape index (κ1) is 39.7. The van der Waals surface area contributed by atoms with Gasteiger partial charge in [0.25, 0.3) is 6.36 Å². The Morgan fingerprint density at radius 1 is 1.02 bits per heavy atom. The van der Waals surface area contributed by atoms with Crippen LogP contribution in [0.3, 0.4) is 0 Å². The van der Waals surface area contributed by atoms with Gasteiger partial charge >= 0.3 is 30.8 Å². The van der Waals surface area contributed by atoms with Crippen LogP contribution in [0.1, 0.15) is 6.42 Å². The molecule has 0 fully saturated rings. The molecule has 0 saturated carbocycles. The average Bonchev–Trinajstić information content (AvgIpc) is 2.80. The first-order valence-corrected chi connectivity index (χ1v) is 13.2. The standard InChI is InChI=1S/C12H16FNOSi.2C4H3F7O/c1-5-16(3,4)11-8-6-7-10(9-11)14(2)12(13)15;5-1-3(7,8)12-2(6)4(9,10)11;5-3(6,7)1-2(12-11)4(8,9)10/h5-9H,1H2,2-4H3;2*2H,1H2. The Bertz CT molecular complexity index is 916. The van der Waals surface area contributed by atoms with E-state index in [9.17, 15) is 70.8 Å². The fourth-order valence-corrected chi connectivity index (χ4v) is 3.27. The third-order valence-corrected chi connectivity index (χ3v) is 7.15. The number of amides is 1. The van der Waals surface area contributed by atoms with Gasteiger partial charge in [0.15, 0.2) is 6.67 Å². The molecule has 0 aromatic heterocycles. The van der Waals surface area contributed by atoms with Gasteiger partial charge in [-0.05, 0) is 16.7 Å². The lowest BCUT2D eigenvalue weighted by Gasteiger charge is -2.20. The van der Waals surface area contributed by atoms with Gasteiger partial charge in [-0.25, -0.2) is 13.6 Å². The zero-order chi connectivity index (χ0) is 32.3. The number of alkyl halides is 13. The number of carbonyl (C=O) groups excluding carboxylic acids is 1. The summed E-state index contributed by atoms with van der Waals surface area (Å²) in [5.74, 6) is 0. The Morgan fingerprint density at radius 2 is 1.52 bits per heavy atom. The highest BCUT2D eigenvalue weighted by molar-refractivity contribution is 6.93. The topological polar surface area (TPSA) is 38.8 Å². The van der Waals surface area contributed by atoms with E-state index < -0.39 is 64.4 Å². The molecular weight excluding hydrogens is 615 g/mol. The Morgan fingerprint density at radius 3 is 1.82 bits per heavy atom. The zero-order valence-electron chi connectivity index (χ0n) is 20.5. The minimum atomic E-state index is -5.57. The third kappa shape index (κ3) is 15.9. The van der Waals surface area contributed by atoms with E-state index in [0.717, 1.165) is 10.1 Å². The predicted molar refractivity (Wildman–Crippen MR) is 114 cm³/mol. The number of hydrogen-bond acceptors (Lipinski definition) is 3. The van der Waals surface area contributed by atoms with Crippen molar-refractivity contribution < 1.29 is 80.5 Å². The Hall–Kier alpha value is -2.48. The van der Waals surface area contributed by atoms with E-state index in [2.05, 4.69) is 29.4 Å². The van der Waals surface area contributed by atoms with E-state index in [0.29, 0.717) is 5.69 Å². The summed E-state index contributed by atoms with van der Waals surface area (Å²) in [6, 6.07) is 7.40. The number of carbonyl (C=O) groups is 1. The summed E-state index contributed by atoms with van der Waals surface area (Å²) in [5.41, 5.74) is 2.54. The van der Waals surface area contributed by atoms with Crippen LogP contribution in [0.2, 0.25) is 13.1 Å². The molecule has 0 radical (unpaired) electrons. The predicted octanol–water partition coefficient (Wildman–Crippen LogP) is 8.05. The van der Waals surface area contributed by atoms with Gasteiger partial charge in [-0.1, -0.05) is 36.1 Å². The number of nitrogens with zero attached hydrogens (tertiary/aromatic N) is 1. The monoisotopic (exact) mass is 637 g/mol. The molecule has 40 heavy (non-hydrogen) atoms. The molecule has 0 heterocycles. The first-order chi connectivity index (χ1) is 17.7. The SMILES string of the molecule is C=C[Si](C)(C)c1cccc(N(C)C(=O)F)c1.FCC(F)(F)OC(F)C(F)(F)F.FOC(CC(F)(F)F)C(F)(F)F. The van der Waals surface area contributed by atoms with Gasteiger partial charge in [0.05, 0.1) is 6.42 Å². The van der Waals surface area contributed by atoms with Crippen molar-refractivity contribution in [2.24, 2.45) is 0 Å². The number of halogens is 15. The molecule has 1 rings (SSSR count). The molecule has 0 N–H and O–H groups in total. The number of ether oxygens (including phenoxy) is 1. The van der Waals surface area contributed by atoms with Gasteiger partial charge in [0, 0.05) is 12.7 Å². The van der Waals surface area contributed by atoms with E-state index >= 15 is 0 Å². The molecule has 1 amide bonds. The lowest BCUT2D eigenvalue weighted by atomic mass is 10.2. The van der Waals surface area contributed by atoms with Gasteiger partial charge in [-0.3, -0.25) is 9.64 Å². The summed E-state index contributed by atoms with van der Waals surface area (Å²) < 4.78 is 173. The fourth-order valence-electron chi connectivity index (χ4n) is 1.99. The second-order valence-corrected chi connectivity index (χ2v) is 12.4. The zero-order valence-corrected chi connectivity index (χ0v) is 21.5. The van der Waals surface area contributed by atoms with Crippen molar-refractivity contribution in [3.8, 4) is 0 Å². The van der Waals surface area contributed by atoms with Gasteiger partial charge in [-0.15, -0.1) is 11.0 Å². The Balaban J connectivity index is 0. The minimum absolute atomic E-state index is 0.576. The highest BCUT2D eigenvalue weighted by atomic mass is 28.3. The molecule has 0 aliphatic rings. The largest absolute Gasteiger partial charge is 0.445 e. The first-order valence-electron chi connectivity index (χ1n) is 10.1. The summed E-state index contributed by atoms with van der Waals surface area (Å²) in [4.78, 5) is 13.8. The number of rotatable bonds is 8. The maximum absolute atomic E-state index is 12.6. The van der Waals surface area contributed by atoms with Crippen LogP contribution in [-0.4, -0.2) is 65.1 Å². The van der Waals surface area contributed by atoms with Crippen molar-refractivity contribution >= 4 is 25.1 Å². The van der Waals surface area contributed by atoms with Gasteiger partial charge < -0.3 is 0 Å². The van der Waals surface area contributed by atoms with Crippen LogP contribution in [0.5, 0.6) is 0 Å². The quantitative estimate of drug-likeness (QED) is 0.125. The number of anilines is 1. The van der Waals surface area contributed by atoms with Crippen molar-refractivity contribution in [3.05, 3.63) is 36.5 Å².